The lowest BCUT2D eigenvalue weighted by Gasteiger charge is -2.20. The summed E-state index contributed by atoms with van der Waals surface area (Å²) in [6, 6.07) is 8.62. The Bertz CT molecular complexity index is 393. The van der Waals surface area contributed by atoms with Gasteiger partial charge in [-0.2, -0.15) is 0 Å². The van der Waals surface area contributed by atoms with E-state index in [-0.39, 0.29) is 12.1 Å². The molecular weight excluding hydrogens is 224 g/mol. The van der Waals surface area contributed by atoms with Gasteiger partial charge in [0.15, 0.2) is 0 Å². The van der Waals surface area contributed by atoms with Crippen molar-refractivity contribution in [3.8, 4) is 0 Å². The molecule has 3 heteroatoms. The number of carbonyl (C=O) groups excluding carboxylic acids is 1. The second-order valence-electron chi connectivity index (χ2n) is 4.96. The molecule has 0 saturated carbocycles. The van der Waals surface area contributed by atoms with Crippen LogP contribution in [0.1, 0.15) is 43.9 Å². The number of hydrogen-bond donors (Lipinski definition) is 1. The lowest BCUT2D eigenvalue weighted by Crippen LogP contribution is -2.39. The van der Waals surface area contributed by atoms with Gasteiger partial charge in [-0.1, -0.05) is 31.2 Å². The molecule has 1 aliphatic heterocycles. The Labute approximate surface area is 109 Å². The fourth-order valence-corrected chi connectivity index (χ4v) is 2.32. The summed E-state index contributed by atoms with van der Waals surface area (Å²) in [5, 5.41) is 3.06. The highest BCUT2D eigenvalue weighted by atomic mass is 16.2. The van der Waals surface area contributed by atoms with Crippen LogP contribution in [-0.2, 0) is 6.42 Å². The highest BCUT2D eigenvalue weighted by molar-refractivity contribution is 5.74. The van der Waals surface area contributed by atoms with Crippen LogP contribution in [0, 0.1) is 0 Å². The molecule has 1 saturated heterocycles. The van der Waals surface area contributed by atoms with Crippen LogP contribution >= 0.6 is 0 Å². The standard InChI is InChI=1S/C15H22N2O/c1-3-13-6-8-14(9-7-13)12(2)16-15(18)17-10-4-5-11-17/h6-9,12H,3-5,10-11H2,1-2H3,(H,16,18). The molecule has 1 aromatic rings. The van der Waals surface area contributed by atoms with Crippen molar-refractivity contribution >= 4 is 6.03 Å². The third kappa shape index (κ3) is 3.03. The van der Waals surface area contributed by atoms with Gasteiger partial charge in [-0.05, 0) is 37.3 Å². The molecule has 1 aliphatic rings. The van der Waals surface area contributed by atoms with Crippen LogP contribution in [0.3, 0.4) is 0 Å². The van der Waals surface area contributed by atoms with Crippen LogP contribution in [0.15, 0.2) is 24.3 Å². The van der Waals surface area contributed by atoms with Crippen molar-refractivity contribution in [2.24, 2.45) is 0 Å². The van der Waals surface area contributed by atoms with E-state index in [0.717, 1.165) is 32.4 Å². The van der Waals surface area contributed by atoms with Crippen molar-refractivity contribution in [2.75, 3.05) is 13.1 Å². The van der Waals surface area contributed by atoms with E-state index in [1.54, 1.807) is 0 Å². The summed E-state index contributed by atoms with van der Waals surface area (Å²) in [6.07, 6.45) is 3.31. The quantitative estimate of drug-likeness (QED) is 0.873. The molecule has 0 bridgehead atoms. The van der Waals surface area contributed by atoms with Gasteiger partial charge < -0.3 is 10.2 Å². The van der Waals surface area contributed by atoms with Gasteiger partial charge in [0.2, 0.25) is 0 Å². The van der Waals surface area contributed by atoms with Gasteiger partial charge >= 0.3 is 6.03 Å². The van der Waals surface area contributed by atoms with Gasteiger partial charge in [0.05, 0.1) is 6.04 Å². The molecular formula is C15H22N2O. The second kappa shape index (κ2) is 5.89. The van der Waals surface area contributed by atoms with Gasteiger partial charge in [0, 0.05) is 13.1 Å². The molecule has 1 N–H and O–H groups in total. The Morgan fingerprint density at radius 2 is 1.89 bits per heavy atom. The van der Waals surface area contributed by atoms with Gasteiger partial charge in [0.1, 0.15) is 0 Å². The lowest BCUT2D eigenvalue weighted by molar-refractivity contribution is 0.205. The smallest absolute Gasteiger partial charge is 0.317 e. The van der Waals surface area contributed by atoms with Gasteiger partial charge in [-0.15, -0.1) is 0 Å². The predicted molar refractivity (Wildman–Crippen MR) is 73.6 cm³/mol. The molecule has 1 heterocycles. The molecule has 3 nitrogen and oxygen atoms in total. The number of amides is 2. The zero-order valence-corrected chi connectivity index (χ0v) is 11.3. The topological polar surface area (TPSA) is 32.3 Å². The number of rotatable bonds is 3. The normalized spacial score (nSPS) is 16.7. The van der Waals surface area contributed by atoms with Crippen LogP contribution in [0.25, 0.3) is 0 Å². The number of likely N-dealkylation sites (tertiary alicyclic amines) is 1. The summed E-state index contributed by atoms with van der Waals surface area (Å²) >= 11 is 0. The van der Waals surface area contributed by atoms with Gasteiger partial charge in [-0.25, -0.2) is 4.79 Å². The van der Waals surface area contributed by atoms with Crippen LogP contribution in [0.4, 0.5) is 4.79 Å². The summed E-state index contributed by atoms with van der Waals surface area (Å²) in [4.78, 5) is 13.9. The minimum atomic E-state index is 0.0690. The van der Waals surface area contributed by atoms with Crippen molar-refractivity contribution in [1.82, 2.24) is 10.2 Å². The Balaban J connectivity index is 1.93. The molecule has 0 aromatic heterocycles. The summed E-state index contributed by atoms with van der Waals surface area (Å²) in [5.74, 6) is 0. The SMILES string of the molecule is CCc1ccc(C(C)NC(=O)N2CCCC2)cc1. The zero-order valence-electron chi connectivity index (χ0n) is 11.3. The monoisotopic (exact) mass is 246 g/mol. The third-order valence-electron chi connectivity index (χ3n) is 3.62. The van der Waals surface area contributed by atoms with E-state index >= 15 is 0 Å². The van der Waals surface area contributed by atoms with Crippen molar-refractivity contribution in [3.63, 3.8) is 0 Å². The highest BCUT2D eigenvalue weighted by Crippen LogP contribution is 2.15. The Kier molecular flexibility index (Phi) is 4.24. The molecule has 2 rings (SSSR count). The summed E-state index contributed by atoms with van der Waals surface area (Å²) < 4.78 is 0. The molecule has 1 atom stereocenters. The van der Waals surface area contributed by atoms with Crippen LogP contribution in [-0.4, -0.2) is 24.0 Å². The van der Waals surface area contributed by atoms with Crippen LogP contribution in [0.5, 0.6) is 0 Å². The van der Waals surface area contributed by atoms with Gasteiger partial charge in [-0.3, -0.25) is 0 Å². The molecule has 0 radical (unpaired) electrons. The summed E-state index contributed by atoms with van der Waals surface area (Å²) in [5.41, 5.74) is 2.50. The van der Waals surface area contributed by atoms with E-state index in [1.807, 2.05) is 11.8 Å². The molecule has 98 valence electrons. The van der Waals surface area contributed by atoms with Crippen molar-refractivity contribution in [2.45, 2.75) is 39.2 Å². The Morgan fingerprint density at radius 3 is 2.44 bits per heavy atom. The van der Waals surface area contributed by atoms with Crippen molar-refractivity contribution in [3.05, 3.63) is 35.4 Å². The number of nitrogens with zero attached hydrogens (tertiary/aromatic N) is 1. The lowest BCUT2D eigenvalue weighted by atomic mass is 10.1. The molecule has 1 unspecified atom stereocenters. The highest BCUT2D eigenvalue weighted by Gasteiger charge is 2.19. The molecule has 0 aliphatic carbocycles. The molecule has 0 spiro atoms. The Morgan fingerprint density at radius 1 is 1.28 bits per heavy atom. The van der Waals surface area contributed by atoms with E-state index in [2.05, 4.69) is 36.5 Å². The second-order valence-corrected chi connectivity index (χ2v) is 4.96. The van der Waals surface area contributed by atoms with E-state index in [9.17, 15) is 4.79 Å². The summed E-state index contributed by atoms with van der Waals surface area (Å²) in [6.45, 7) is 5.98. The van der Waals surface area contributed by atoms with E-state index in [1.165, 1.54) is 11.1 Å². The maximum absolute atomic E-state index is 12.0. The fourth-order valence-electron chi connectivity index (χ4n) is 2.32. The molecule has 1 fully saturated rings. The summed E-state index contributed by atoms with van der Waals surface area (Å²) in [7, 11) is 0. The zero-order chi connectivity index (χ0) is 13.0. The van der Waals surface area contributed by atoms with Crippen LogP contribution in [0.2, 0.25) is 0 Å². The van der Waals surface area contributed by atoms with E-state index < -0.39 is 0 Å². The first-order chi connectivity index (χ1) is 8.70. The minimum Gasteiger partial charge on any atom is -0.331 e. The van der Waals surface area contributed by atoms with Gasteiger partial charge in [0.25, 0.3) is 0 Å². The fraction of sp³-hybridized carbons (Fsp3) is 0.533. The average molecular weight is 246 g/mol. The maximum atomic E-state index is 12.0. The number of hydrogen-bond acceptors (Lipinski definition) is 1. The predicted octanol–water partition coefficient (Wildman–Crippen LogP) is 3.12. The number of nitrogens with one attached hydrogen (secondary N) is 1. The average Bonchev–Trinajstić information content (AvgIpc) is 2.92. The first-order valence-electron chi connectivity index (χ1n) is 6.85. The van der Waals surface area contributed by atoms with E-state index in [0.29, 0.717) is 0 Å². The number of aryl methyl sites for hydroxylation is 1. The van der Waals surface area contributed by atoms with E-state index in [4.69, 9.17) is 0 Å². The number of benzene rings is 1. The number of carbonyl (C=O) groups is 1. The van der Waals surface area contributed by atoms with Crippen LogP contribution < -0.4 is 5.32 Å². The molecule has 1 aromatic carbocycles. The molecule has 18 heavy (non-hydrogen) atoms. The largest absolute Gasteiger partial charge is 0.331 e. The third-order valence-corrected chi connectivity index (χ3v) is 3.62. The molecule has 2 amide bonds. The Hall–Kier alpha value is -1.51. The maximum Gasteiger partial charge on any atom is 0.317 e. The minimum absolute atomic E-state index is 0.0690. The number of urea groups is 1. The van der Waals surface area contributed by atoms with Crippen molar-refractivity contribution in [1.29, 1.82) is 0 Å². The first-order valence-corrected chi connectivity index (χ1v) is 6.85. The van der Waals surface area contributed by atoms with Crippen molar-refractivity contribution < 1.29 is 4.79 Å². The first kappa shape index (κ1) is 12.9.